The number of carbonyl (C=O) groups is 1. The molecular weight excluding hydrogens is 360 g/mol. The van der Waals surface area contributed by atoms with Crippen LogP contribution >= 0.6 is 0 Å². The molecule has 3 heteroatoms. The molecule has 2 aromatic rings. The van der Waals surface area contributed by atoms with Crippen molar-refractivity contribution >= 4 is 5.78 Å². The van der Waals surface area contributed by atoms with E-state index < -0.39 is 0 Å². The predicted octanol–water partition coefficient (Wildman–Crippen LogP) is 4.91. The van der Waals surface area contributed by atoms with Gasteiger partial charge in [-0.1, -0.05) is 43.3 Å². The second kappa shape index (κ2) is 7.28. The van der Waals surface area contributed by atoms with Crippen LogP contribution < -0.4 is 4.74 Å². The maximum Gasteiger partial charge on any atom is 0.144 e. The Morgan fingerprint density at radius 2 is 1.97 bits per heavy atom. The minimum absolute atomic E-state index is 0.0149. The Labute approximate surface area is 173 Å². The number of rotatable bonds is 4. The van der Waals surface area contributed by atoms with Gasteiger partial charge >= 0.3 is 0 Å². The van der Waals surface area contributed by atoms with E-state index in [2.05, 4.69) is 37.3 Å². The van der Waals surface area contributed by atoms with E-state index in [0.717, 1.165) is 37.9 Å². The summed E-state index contributed by atoms with van der Waals surface area (Å²) in [5.74, 6) is 2.66. The van der Waals surface area contributed by atoms with E-state index in [0.29, 0.717) is 30.1 Å². The van der Waals surface area contributed by atoms with Gasteiger partial charge in [0.15, 0.2) is 0 Å². The molecule has 3 nitrogen and oxygen atoms in total. The van der Waals surface area contributed by atoms with E-state index >= 15 is 0 Å². The highest BCUT2D eigenvalue weighted by Crippen LogP contribution is 2.60. The monoisotopic (exact) mass is 390 g/mol. The molecule has 152 valence electrons. The zero-order chi connectivity index (χ0) is 20.0. The third kappa shape index (κ3) is 3.11. The first-order valence-corrected chi connectivity index (χ1v) is 11.0. The first kappa shape index (κ1) is 18.9. The van der Waals surface area contributed by atoms with Crippen molar-refractivity contribution in [1.29, 1.82) is 0 Å². The van der Waals surface area contributed by atoms with Crippen molar-refractivity contribution in [2.45, 2.75) is 51.6 Å². The summed E-state index contributed by atoms with van der Waals surface area (Å²) in [7, 11) is 0. The van der Waals surface area contributed by atoms with Gasteiger partial charge in [0, 0.05) is 11.3 Å². The number of ketones is 1. The van der Waals surface area contributed by atoms with E-state index in [1.54, 1.807) is 0 Å². The molecule has 5 atom stereocenters. The summed E-state index contributed by atoms with van der Waals surface area (Å²) in [4.78, 5) is 12.9. The number of Topliss-reactive ketones (excluding diaryl/α,β-unsaturated/α-hetero) is 1. The van der Waals surface area contributed by atoms with Crippen LogP contribution in [-0.2, 0) is 17.8 Å². The van der Waals surface area contributed by atoms with Crippen LogP contribution in [0.1, 0.15) is 55.2 Å². The van der Waals surface area contributed by atoms with Gasteiger partial charge in [0.2, 0.25) is 0 Å². The van der Waals surface area contributed by atoms with Crippen LogP contribution in [-0.4, -0.2) is 17.5 Å². The van der Waals surface area contributed by atoms with Gasteiger partial charge in [0.05, 0.1) is 6.61 Å². The number of carbonyl (C=O) groups excluding carboxylic acids is 1. The van der Waals surface area contributed by atoms with E-state index in [4.69, 9.17) is 4.74 Å². The minimum Gasteiger partial charge on any atom is -0.489 e. The first-order chi connectivity index (χ1) is 14.1. The lowest BCUT2D eigenvalue weighted by atomic mass is 9.55. The van der Waals surface area contributed by atoms with Crippen LogP contribution in [0.2, 0.25) is 0 Å². The van der Waals surface area contributed by atoms with Crippen LogP contribution in [0.4, 0.5) is 0 Å². The summed E-state index contributed by atoms with van der Waals surface area (Å²) in [6.07, 6.45) is 5.12. The van der Waals surface area contributed by atoms with Crippen LogP contribution in [0.15, 0.2) is 48.5 Å². The van der Waals surface area contributed by atoms with Crippen LogP contribution in [0.25, 0.3) is 0 Å². The molecule has 0 heterocycles. The number of ether oxygens (including phenoxy) is 1. The summed E-state index contributed by atoms with van der Waals surface area (Å²) < 4.78 is 6.05. The molecule has 2 aromatic carbocycles. The second-order valence-electron chi connectivity index (χ2n) is 9.49. The molecule has 29 heavy (non-hydrogen) atoms. The zero-order valence-corrected chi connectivity index (χ0v) is 17.1. The lowest BCUT2D eigenvalue weighted by Gasteiger charge is -2.48. The number of hydrogen-bond acceptors (Lipinski definition) is 3. The number of fused-ring (bicyclic) bond motifs is 5. The van der Waals surface area contributed by atoms with Gasteiger partial charge in [-0.3, -0.25) is 4.79 Å². The minimum atomic E-state index is -0.217. The van der Waals surface area contributed by atoms with Crippen molar-refractivity contribution in [3.05, 3.63) is 65.2 Å². The van der Waals surface area contributed by atoms with Gasteiger partial charge < -0.3 is 9.84 Å². The number of benzene rings is 2. The van der Waals surface area contributed by atoms with E-state index in [9.17, 15) is 9.90 Å². The Balaban J connectivity index is 1.35. The van der Waals surface area contributed by atoms with E-state index in [-0.39, 0.29) is 17.9 Å². The Hall–Kier alpha value is -2.13. The molecule has 0 unspecified atom stereocenters. The lowest BCUT2D eigenvalue weighted by Crippen LogP contribution is -2.42. The molecule has 1 N–H and O–H groups in total. The summed E-state index contributed by atoms with van der Waals surface area (Å²) in [6.45, 7) is 2.78. The molecule has 0 spiro atoms. The molecule has 0 amide bonds. The number of aliphatic hydroxyl groups is 1. The van der Waals surface area contributed by atoms with Crippen LogP contribution in [0.5, 0.6) is 5.75 Å². The first-order valence-electron chi connectivity index (χ1n) is 11.0. The maximum absolute atomic E-state index is 12.9. The third-order valence-electron chi connectivity index (χ3n) is 8.03. The molecule has 5 rings (SSSR count). The van der Waals surface area contributed by atoms with Crippen LogP contribution in [0, 0.1) is 23.2 Å². The molecule has 0 saturated heterocycles. The molecule has 2 fully saturated rings. The normalized spacial score (nSPS) is 33.0. The van der Waals surface area contributed by atoms with Crippen molar-refractivity contribution in [3.63, 3.8) is 0 Å². The third-order valence-corrected chi connectivity index (χ3v) is 8.03. The fourth-order valence-electron chi connectivity index (χ4n) is 6.49. The molecule has 3 aliphatic carbocycles. The average Bonchev–Trinajstić information content (AvgIpc) is 3.03. The van der Waals surface area contributed by atoms with Crippen molar-refractivity contribution in [2.75, 3.05) is 6.61 Å². The lowest BCUT2D eigenvalue weighted by molar-refractivity contribution is -0.132. The van der Waals surface area contributed by atoms with Crippen molar-refractivity contribution < 1.29 is 14.6 Å². The highest BCUT2D eigenvalue weighted by molar-refractivity contribution is 5.89. The molecule has 3 aliphatic rings. The quantitative estimate of drug-likeness (QED) is 0.807. The number of aliphatic hydroxyl groups excluding tert-OH is 1. The van der Waals surface area contributed by atoms with Gasteiger partial charge in [0.25, 0.3) is 0 Å². The molecule has 0 bridgehead atoms. The predicted molar refractivity (Wildman–Crippen MR) is 113 cm³/mol. The van der Waals surface area contributed by atoms with Gasteiger partial charge in [-0.15, -0.1) is 0 Å². The standard InChI is InChI=1S/C26H30O3/c1-26-12-11-22-21-10-8-20(29-16-17-5-3-2-4-6-17)13-18(21)7-9-23(22)24(26)14-19(15-27)25(26)28/h2-6,8,10,13,19,22-24,27H,7,9,11-12,14-16H2,1H3/t19-,22-,23-,24+,26-/m1/s1. The van der Waals surface area contributed by atoms with Crippen molar-refractivity contribution in [2.24, 2.45) is 23.2 Å². The largest absolute Gasteiger partial charge is 0.489 e. The summed E-state index contributed by atoms with van der Waals surface area (Å²) in [6, 6.07) is 16.9. The smallest absolute Gasteiger partial charge is 0.144 e. The average molecular weight is 391 g/mol. The van der Waals surface area contributed by atoms with Gasteiger partial charge in [0.1, 0.15) is 18.1 Å². The Morgan fingerprint density at radius 3 is 2.76 bits per heavy atom. The Kier molecular flexibility index (Phi) is 4.74. The van der Waals surface area contributed by atoms with Gasteiger partial charge in [-0.25, -0.2) is 0 Å². The Bertz CT molecular complexity index is 905. The summed E-state index contributed by atoms with van der Waals surface area (Å²) in [5.41, 5.74) is 3.85. The van der Waals surface area contributed by atoms with E-state index in [1.165, 1.54) is 16.7 Å². The highest BCUT2D eigenvalue weighted by atomic mass is 16.5. The van der Waals surface area contributed by atoms with E-state index in [1.807, 2.05) is 18.2 Å². The highest BCUT2D eigenvalue weighted by Gasteiger charge is 2.57. The van der Waals surface area contributed by atoms with Crippen molar-refractivity contribution in [1.82, 2.24) is 0 Å². The summed E-state index contributed by atoms with van der Waals surface area (Å²) >= 11 is 0. The molecular formula is C26H30O3. The van der Waals surface area contributed by atoms with Crippen LogP contribution in [0.3, 0.4) is 0 Å². The van der Waals surface area contributed by atoms with Crippen molar-refractivity contribution in [3.8, 4) is 5.75 Å². The molecule has 0 radical (unpaired) electrons. The van der Waals surface area contributed by atoms with Gasteiger partial charge in [-0.2, -0.15) is 0 Å². The zero-order valence-electron chi connectivity index (χ0n) is 17.1. The second-order valence-corrected chi connectivity index (χ2v) is 9.49. The molecule has 0 aromatic heterocycles. The number of hydrogen-bond donors (Lipinski definition) is 1. The SMILES string of the molecule is C[C@@]12CC[C@@H]3c4ccc(OCc5ccccc5)cc4CC[C@H]3[C@@H]1C[C@H](CO)C2=O. The maximum atomic E-state index is 12.9. The molecule has 0 aliphatic heterocycles. The fraction of sp³-hybridized carbons (Fsp3) is 0.500. The topological polar surface area (TPSA) is 46.5 Å². The Morgan fingerprint density at radius 1 is 1.14 bits per heavy atom. The fourth-order valence-corrected chi connectivity index (χ4v) is 6.49. The van der Waals surface area contributed by atoms with Gasteiger partial charge in [-0.05, 0) is 78.7 Å². The number of aryl methyl sites for hydroxylation is 1. The summed E-state index contributed by atoms with van der Waals surface area (Å²) in [5, 5.41) is 9.68. The molecule has 2 saturated carbocycles.